The summed E-state index contributed by atoms with van der Waals surface area (Å²) in [5.41, 5.74) is 6.36. The summed E-state index contributed by atoms with van der Waals surface area (Å²) < 4.78 is 5.64. The van der Waals surface area contributed by atoms with Gasteiger partial charge in [0.15, 0.2) is 0 Å². The SMILES string of the molecule is CN(CCOc1ccc(N)cc1)CC1CC(O)C1. The molecular weight excluding hydrogens is 228 g/mol. The average Bonchev–Trinajstić information content (AvgIpc) is 2.30. The van der Waals surface area contributed by atoms with Crippen LogP contribution in [-0.4, -0.2) is 42.9 Å². The fraction of sp³-hybridized carbons (Fsp3) is 0.571. The number of rotatable bonds is 6. The van der Waals surface area contributed by atoms with Gasteiger partial charge in [0.25, 0.3) is 0 Å². The predicted molar refractivity (Wildman–Crippen MR) is 72.6 cm³/mol. The summed E-state index contributed by atoms with van der Waals surface area (Å²) in [6.45, 7) is 2.62. The van der Waals surface area contributed by atoms with Gasteiger partial charge in [0, 0.05) is 18.8 Å². The molecule has 0 spiro atoms. The van der Waals surface area contributed by atoms with E-state index in [9.17, 15) is 5.11 Å². The number of nitrogens with zero attached hydrogens (tertiary/aromatic N) is 1. The van der Waals surface area contributed by atoms with Gasteiger partial charge in [0.2, 0.25) is 0 Å². The van der Waals surface area contributed by atoms with Crippen molar-refractivity contribution < 1.29 is 9.84 Å². The first kappa shape index (κ1) is 13.2. The first-order valence-electron chi connectivity index (χ1n) is 6.48. The standard InChI is InChI=1S/C14H22N2O2/c1-16(10-11-8-13(17)9-11)6-7-18-14-4-2-12(15)3-5-14/h2-5,11,13,17H,6-10,15H2,1H3. The van der Waals surface area contributed by atoms with Crippen molar-refractivity contribution in [2.24, 2.45) is 5.92 Å². The normalized spacial score (nSPS) is 22.8. The number of anilines is 1. The zero-order valence-corrected chi connectivity index (χ0v) is 10.9. The summed E-state index contributed by atoms with van der Waals surface area (Å²) in [6.07, 6.45) is 1.83. The largest absolute Gasteiger partial charge is 0.492 e. The maximum atomic E-state index is 9.22. The number of nitrogens with two attached hydrogens (primary N) is 1. The number of aliphatic hydroxyl groups is 1. The van der Waals surface area contributed by atoms with E-state index < -0.39 is 0 Å². The number of ether oxygens (including phenoxy) is 1. The summed E-state index contributed by atoms with van der Waals surface area (Å²) in [4.78, 5) is 2.26. The van der Waals surface area contributed by atoms with E-state index in [1.165, 1.54) is 0 Å². The number of hydrogen-bond donors (Lipinski definition) is 2. The molecule has 4 heteroatoms. The van der Waals surface area contributed by atoms with Crippen molar-refractivity contribution in [1.29, 1.82) is 0 Å². The van der Waals surface area contributed by atoms with E-state index in [-0.39, 0.29) is 6.10 Å². The van der Waals surface area contributed by atoms with Crippen LogP contribution in [0.5, 0.6) is 5.75 Å². The minimum absolute atomic E-state index is 0.0607. The maximum absolute atomic E-state index is 9.22. The van der Waals surface area contributed by atoms with Crippen LogP contribution in [-0.2, 0) is 0 Å². The lowest BCUT2D eigenvalue weighted by Gasteiger charge is -2.34. The van der Waals surface area contributed by atoms with Crippen LogP contribution < -0.4 is 10.5 Å². The third kappa shape index (κ3) is 3.89. The third-order valence-electron chi connectivity index (χ3n) is 3.40. The molecule has 1 aliphatic carbocycles. The van der Waals surface area contributed by atoms with Crippen molar-refractivity contribution in [2.75, 3.05) is 32.5 Å². The van der Waals surface area contributed by atoms with E-state index in [2.05, 4.69) is 11.9 Å². The summed E-state index contributed by atoms with van der Waals surface area (Å²) >= 11 is 0. The smallest absolute Gasteiger partial charge is 0.119 e. The number of aliphatic hydroxyl groups excluding tert-OH is 1. The van der Waals surface area contributed by atoms with Gasteiger partial charge in [-0.3, -0.25) is 0 Å². The lowest BCUT2D eigenvalue weighted by atomic mass is 9.82. The lowest BCUT2D eigenvalue weighted by Crippen LogP contribution is -2.38. The molecule has 1 fully saturated rings. The zero-order valence-electron chi connectivity index (χ0n) is 10.9. The van der Waals surface area contributed by atoms with Gasteiger partial charge in [-0.15, -0.1) is 0 Å². The Labute approximate surface area is 108 Å². The first-order chi connectivity index (χ1) is 8.63. The van der Waals surface area contributed by atoms with E-state index in [1.54, 1.807) is 0 Å². The van der Waals surface area contributed by atoms with Crippen molar-refractivity contribution in [1.82, 2.24) is 4.90 Å². The molecule has 1 saturated carbocycles. The fourth-order valence-electron chi connectivity index (χ4n) is 2.27. The molecule has 0 unspecified atom stereocenters. The molecule has 0 bridgehead atoms. The molecule has 0 amide bonds. The molecule has 4 nitrogen and oxygen atoms in total. The molecule has 1 aromatic carbocycles. The highest BCUT2D eigenvalue weighted by atomic mass is 16.5. The van der Waals surface area contributed by atoms with Crippen LogP contribution in [0.4, 0.5) is 5.69 Å². The summed E-state index contributed by atoms with van der Waals surface area (Å²) in [5.74, 6) is 1.51. The molecule has 2 rings (SSSR count). The van der Waals surface area contributed by atoms with Gasteiger partial charge in [-0.1, -0.05) is 0 Å². The van der Waals surface area contributed by atoms with Crippen LogP contribution in [0.3, 0.4) is 0 Å². The van der Waals surface area contributed by atoms with Crippen LogP contribution in [0.15, 0.2) is 24.3 Å². The molecule has 0 saturated heterocycles. The molecule has 0 aromatic heterocycles. The highest BCUT2D eigenvalue weighted by molar-refractivity contribution is 5.41. The number of nitrogen functional groups attached to an aromatic ring is 1. The molecule has 3 N–H and O–H groups in total. The Morgan fingerprint density at radius 3 is 2.61 bits per heavy atom. The molecule has 18 heavy (non-hydrogen) atoms. The average molecular weight is 250 g/mol. The summed E-state index contributed by atoms with van der Waals surface area (Å²) in [7, 11) is 2.09. The van der Waals surface area contributed by atoms with E-state index in [1.807, 2.05) is 24.3 Å². The second-order valence-electron chi connectivity index (χ2n) is 5.17. The molecule has 0 atom stereocenters. The highest BCUT2D eigenvalue weighted by Gasteiger charge is 2.27. The highest BCUT2D eigenvalue weighted by Crippen LogP contribution is 2.27. The van der Waals surface area contributed by atoms with Crippen LogP contribution in [0.25, 0.3) is 0 Å². The van der Waals surface area contributed by atoms with Gasteiger partial charge >= 0.3 is 0 Å². The first-order valence-corrected chi connectivity index (χ1v) is 6.48. The Kier molecular flexibility index (Phi) is 4.44. The van der Waals surface area contributed by atoms with E-state index in [0.717, 1.165) is 37.4 Å². The Morgan fingerprint density at radius 2 is 2.00 bits per heavy atom. The Hall–Kier alpha value is -1.26. The second-order valence-corrected chi connectivity index (χ2v) is 5.17. The summed E-state index contributed by atoms with van der Waals surface area (Å²) in [5, 5.41) is 9.22. The maximum Gasteiger partial charge on any atom is 0.119 e. The number of hydrogen-bond acceptors (Lipinski definition) is 4. The van der Waals surface area contributed by atoms with Crippen molar-refractivity contribution in [3.63, 3.8) is 0 Å². The van der Waals surface area contributed by atoms with Crippen molar-refractivity contribution >= 4 is 5.69 Å². The predicted octanol–water partition coefficient (Wildman–Crippen LogP) is 1.35. The van der Waals surface area contributed by atoms with Crippen LogP contribution in [0.2, 0.25) is 0 Å². The second kappa shape index (κ2) is 6.07. The van der Waals surface area contributed by atoms with Gasteiger partial charge in [-0.2, -0.15) is 0 Å². The molecule has 100 valence electrons. The van der Waals surface area contributed by atoms with Gasteiger partial charge in [0.1, 0.15) is 12.4 Å². The van der Waals surface area contributed by atoms with Crippen LogP contribution in [0.1, 0.15) is 12.8 Å². The van der Waals surface area contributed by atoms with Gasteiger partial charge in [-0.25, -0.2) is 0 Å². The third-order valence-corrected chi connectivity index (χ3v) is 3.40. The number of likely N-dealkylation sites (N-methyl/N-ethyl adjacent to an activating group) is 1. The number of benzene rings is 1. The minimum Gasteiger partial charge on any atom is -0.492 e. The molecule has 0 heterocycles. The minimum atomic E-state index is -0.0607. The van der Waals surface area contributed by atoms with Gasteiger partial charge < -0.3 is 20.5 Å². The molecule has 0 radical (unpaired) electrons. The Balaban J connectivity index is 1.61. The lowest BCUT2D eigenvalue weighted by molar-refractivity contribution is 0.0269. The van der Waals surface area contributed by atoms with E-state index in [4.69, 9.17) is 10.5 Å². The van der Waals surface area contributed by atoms with Gasteiger partial charge in [-0.05, 0) is 50.1 Å². The van der Waals surface area contributed by atoms with Crippen LogP contribution in [0, 0.1) is 5.92 Å². The fourth-order valence-corrected chi connectivity index (χ4v) is 2.27. The molecule has 1 aromatic rings. The molecule has 1 aliphatic rings. The molecular formula is C14H22N2O2. The van der Waals surface area contributed by atoms with E-state index >= 15 is 0 Å². The van der Waals surface area contributed by atoms with Crippen molar-refractivity contribution in [2.45, 2.75) is 18.9 Å². The Bertz CT molecular complexity index is 361. The van der Waals surface area contributed by atoms with E-state index in [0.29, 0.717) is 12.5 Å². The monoisotopic (exact) mass is 250 g/mol. The van der Waals surface area contributed by atoms with Crippen molar-refractivity contribution in [3.8, 4) is 5.75 Å². The topological polar surface area (TPSA) is 58.7 Å². The Morgan fingerprint density at radius 1 is 1.33 bits per heavy atom. The molecule has 0 aliphatic heterocycles. The van der Waals surface area contributed by atoms with Crippen LogP contribution >= 0.6 is 0 Å². The summed E-state index contributed by atoms with van der Waals surface area (Å²) in [6, 6.07) is 7.46. The quantitative estimate of drug-likeness (QED) is 0.748. The van der Waals surface area contributed by atoms with Gasteiger partial charge in [0.05, 0.1) is 6.10 Å². The van der Waals surface area contributed by atoms with Crippen molar-refractivity contribution in [3.05, 3.63) is 24.3 Å². The zero-order chi connectivity index (χ0) is 13.0.